The molecule has 0 spiro atoms. The molecular weight excluding hydrogens is 324 g/mol. The van der Waals surface area contributed by atoms with Crippen LogP contribution in [0.4, 0.5) is 0 Å². The Labute approximate surface area is 133 Å². The standard InChI is InChI=1S/C18H17BrN2/c1-12-2-7-17(21-11-12)10-18(20)15-4-3-14-9-16(19)6-5-13(14)8-15/h2-9,11,18H,10,20H2,1H3. The van der Waals surface area contributed by atoms with Crippen LogP contribution in [0.3, 0.4) is 0 Å². The lowest BCUT2D eigenvalue weighted by atomic mass is 9.99. The van der Waals surface area contributed by atoms with Crippen molar-refractivity contribution in [2.45, 2.75) is 19.4 Å². The second-order valence-corrected chi connectivity index (χ2v) is 6.30. The summed E-state index contributed by atoms with van der Waals surface area (Å²) in [5, 5.41) is 2.43. The lowest BCUT2D eigenvalue weighted by Crippen LogP contribution is -2.14. The Bertz CT molecular complexity index is 766. The van der Waals surface area contributed by atoms with Gasteiger partial charge in [-0.25, -0.2) is 0 Å². The van der Waals surface area contributed by atoms with E-state index in [1.807, 2.05) is 19.2 Å². The first-order valence-corrected chi connectivity index (χ1v) is 7.77. The maximum Gasteiger partial charge on any atom is 0.0422 e. The van der Waals surface area contributed by atoms with Crippen molar-refractivity contribution >= 4 is 26.7 Å². The third kappa shape index (κ3) is 3.31. The molecule has 0 saturated carbocycles. The molecule has 21 heavy (non-hydrogen) atoms. The smallest absolute Gasteiger partial charge is 0.0422 e. The van der Waals surface area contributed by atoms with Crippen LogP contribution >= 0.6 is 15.9 Å². The number of aromatic nitrogens is 1. The zero-order chi connectivity index (χ0) is 14.8. The lowest BCUT2D eigenvalue weighted by molar-refractivity contribution is 0.707. The number of hydrogen-bond acceptors (Lipinski definition) is 2. The first kappa shape index (κ1) is 14.2. The Kier molecular flexibility index (Phi) is 4.04. The molecule has 0 bridgehead atoms. The van der Waals surface area contributed by atoms with Gasteiger partial charge in [0.05, 0.1) is 0 Å². The normalized spacial score (nSPS) is 12.5. The van der Waals surface area contributed by atoms with Crippen molar-refractivity contribution in [3.8, 4) is 0 Å². The minimum absolute atomic E-state index is 0.0340. The Morgan fingerprint density at radius 1 is 1.05 bits per heavy atom. The molecule has 0 fully saturated rings. The van der Waals surface area contributed by atoms with E-state index in [9.17, 15) is 0 Å². The van der Waals surface area contributed by atoms with Gasteiger partial charge in [-0.3, -0.25) is 4.98 Å². The van der Waals surface area contributed by atoms with E-state index < -0.39 is 0 Å². The first-order valence-electron chi connectivity index (χ1n) is 6.98. The average Bonchev–Trinajstić information content (AvgIpc) is 2.49. The molecule has 2 nitrogen and oxygen atoms in total. The van der Waals surface area contributed by atoms with Crippen molar-refractivity contribution in [2.24, 2.45) is 5.73 Å². The average molecular weight is 341 g/mol. The molecule has 1 aromatic heterocycles. The highest BCUT2D eigenvalue weighted by atomic mass is 79.9. The highest BCUT2D eigenvalue weighted by molar-refractivity contribution is 9.10. The predicted octanol–water partition coefficient (Wildman–Crippen LogP) is 4.55. The Morgan fingerprint density at radius 2 is 1.81 bits per heavy atom. The van der Waals surface area contributed by atoms with E-state index in [2.05, 4.69) is 63.4 Å². The minimum atomic E-state index is -0.0340. The van der Waals surface area contributed by atoms with Crippen LogP contribution in [0.15, 0.2) is 59.2 Å². The van der Waals surface area contributed by atoms with Gasteiger partial charge >= 0.3 is 0 Å². The largest absolute Gasteiger partial charge is 0.324 e. The maximum absolute atomic E-state index is 6.34. The fourth-order valence-electron chi connectivity index (χ4n) is 2.43. The predicted molar refractivity (Wildman–Crippen MR) is 91.3 cm³/mol. The Hall–Kier alpha value is -1.71. The van der Waals surface area contributed by atoms with Crippen LogP contribution in [-0.4, -0.2) is 4.98 Å². The van der Waals surface area contributed by atoms with Gasteiger partial charge in [0.2, 0.25) is 0 Å². The van der Waals surface area contributed by atoms with E-state index >= 15 is 0 Å². The third-order valence-corrected chi connectivity index (χ3v) is 4.15. The zero-order valence-corrected chi connectivity index (χ0v) is 13.5. The van der Waals surface area contributed by atoms with Gasteiger partial charge in [0.1, 0.15) is 0 Å². The molecule has 0 aliphatic carbocycles. The highest BCUT2D eigenvalue weighted by Crippen LogP contribution is 2.24. The second-order valence-electron chi connectivity index (χ2n) is 5.39. The fraction of sp³-hybridized carbons (Fsp3) is 0.167. The van der Waals surface area contributed by atoms with Gasteiger partial charge in [0.15, 0.2) is 0 Å². The van der Waals surface area contributed by atoms with Crippen molar-refractivity contribution in [3.63, 3.8) is 0 Å². The summed E-state index contributed by atoms with van der Waals surface area (Å²) in [6.07, 6.45) is 2.64. The highest BCUT2D eigenvalue weighted by Gasteiger charge is 2.09. The number of hydrogen-bond donors (Lipinski definition) is 1. The number of rotatable bonds is 3. The summed E-state index contributed by atoms with van der Waals surface area (Å²) >= 11 is 3.50. The summed E-state index contributed by atoms with van der Waals surface area (Å²) in [6, 6.07) is 16.8. The summed E-state index contributed by atoms with van der Waals surface area (Å²) in [6.45, 7) is 2.04. The number of halogens is 1. The van der Waals surface area contributed by atoms with Crippen LogP contribution in [0, 0.1) is 6.92 Å². The molecule has 3 rings (SSSR count). The molecular formula is C18H17BrN2. The molecule has 3 heteroatoms. The molecule has 0 radical (unpaired) electrons. The molecule has 0 amide bonds. The van der Waals surface area contributed by atoms with Crippen molar-refractivity contribution in [1.29, 1.82) is 0 Å². The number of benzene rings is 2. The quantitative estimate of drug-likeness (QED) is 0.759. The van der Waals surface area contributed by atoms with Gasteiger partial charge in [0, 0.05) is 28.8 Å². The molecule has 1 unspecified atom stereocenters. The Morgan fingerprint density at radius 3 is 2.57 bits per heavy atom. The molecule has 1 atom stereocenters. The fourth-order valence-corrected chi connectivity index (χ4v) is 2.81. The van der Waals surface area contributed by atoms with E-state index in [-0.39, 0.29) is 6.04 Å². The maximum atomic E-state index is 6.34. The van der Waals surface area contributed by atoms with Crippen LogP contribution in [0.25, 0.3) is 10.8 Å². The molecule has 0 aliphatic rings. The molecule has 0 aliphatic heterocycles. The van der Waals surface area contributed by atoms with Gasteiger partial charge in [-0.2, -0.15) is 0 Å². The summed E-state index contributed by atoms with van der Waals surface area (Å²) < 4.78 is 1.09. The van der Waals surface area contributed by atoms with Gasteiger partial charge in [-0.1, -0.05) is 40.2 Å². The van der Waals surface area contributed by atoms with Gasteiger partial charge < -0.3 is 5.73 Å². The lowest BCUT2D eigenvalue weighted by Gasteiger charge is -2.13. The zero-order valence-electron chi connectivity index (χ0n) is 11.9. The van der Waals surface area contributed by atoms with E-state index in [0.717, 1.165) is 22.2 Å². The van der Waals surface area contributed by atoms with E-state index in [1.165, 1.54) is 16.3 Å². The molecule has 0 saturated heterocycles. The summed E-state index contributed by atoms with van der Waals surface area (Å²) in [4.78, 5) is 4.43. The molecule has 2 N–H and O–H groups in total. The summed E-state index contributed by atoms with van der Waals surface area (Å²) in [5.41, 5.74) is 9.68. The number of fused-ring (bicyclic) bond motifs is 1. The molecule has 1 heterocycles. The minimum Gasteiger partial charge on any atom is -0.324 e. The third-order valence-electron chi connectivity index (χ3n) is 3.66. The first-order chi connectivity index (χ1) is 10.1. The van der Waals surface area contributed by atoms with E-state index in [0.29, 0.717) is 0 Å². The van der Waals surface area contributed by atoms with Gasteiger partial charge in [-0.15, -0.1) is 0 Å². The topological polar surface area (TPSA) is 38.9 Å². The number of pyridine rings is 1. The van der Waals surface area contributed by atoms with Crippen molar-refractivity contribution in [3.05, 3.63) is 76.0 Å². The number of aryl methyl sites for hydroxylation is 1. The Balaban J connectivity index is 1.85. The molecule has 2 aromatic carbocycles. The van der Waals surface area contributed by atoms with Crippen LogP contribution in [0.5, 0.6) is 0 Å². The van der Waals surface area contributed by atoms with Crippen LogP contribution in [-0.2, 0) is 6.42 Å². The number of nitrogens with zero attached hydrogens (tertiary/aromatic N) is 1. The van der Waals surface area contributed by atoms with Gasteiger partial charge in [-0.05, 0) is 53.1 Å². The summed E-state index contributed by atoms with van der Waals surface area (Å²) in [5.74, 6) is 0. The van der Waals surface area contributed by atoms with Gasteiger partial charge in [0.25, 0.3) is 0 Å². The van der Waals surface area contributed by atoms with Crippen molar-refractivity contribution in [1.82, 2.24) is 4.98 Å². The molecule has 3 aromatic rings. The van der Waals surface area contributed by atoms with Crippen LogP contribution in [0.2, 0.25) is 0 Å². The SMILES string of the molecule is Cc1ccc(CC(N)c2ccc3cc(Br)ccc3c2)nc1. The van der Waals surface area contributed by atoms with E-state index in [1.54, 1.807) is 0 Å². The monoisotopic (exact) mass is 340 g/mol. The second kappa shape index (κ2) is 5.96. The van der Waals surface area contributed by atoms with Crippen LogP contribution in [0.1, 0.15) is 22.9 Å². The molecule has 106 valence electrons. The summed E-state index contributed by atoms with van der Waals surface area (Å²) in [7, 11) is 0. The van der Waals surface area contributed by atoms with Crippen molar-refractivity contribution < 1.29 is 0 Å². The van der Waals surface area contributed by atoms with E-state index in [4.69, 9.17) is 5.73 Å². The number of nitrogens with two attached hydrogens (primary N) is 1. The van der Waals surface area contributed by atoms with Crippen molar-refractivity contribution in [2.75, 3.05) is 0 Å². The van der Waals surface area contributed by atoms with Crippen LogP contribution < -0.4 is 5.73 Å².